The number of anilines is 6. The van der Waals surface area contributed by atoms with E-state index in [9.17, 15) is 8.22 Å². The third-order valence-corrected chi connectivity index (χ3v) is 22.5. The molecule has 0 radical (unpaired) electrons. The molecule has 514 valence electrons. The maximum atomic E-state index is 9.87. The van der Waals surface area contributed by atoms with Gasteiger partial charge in [0.1, 0.15) is 0 Å². The topological polar surface area (TPSA) is 21.3 Å². The molecule has 5 heterocycles. The highest BCUT2D eigenvalue weighted by Crippen LogP contribution is 2.55. The van der Waals surface area contributed by atoms with Gasteiger partial charge >= 0.3 is 0 Å². The monoisotopic (exact) mass is 1380 g/mol. The number of rotatable bonds is 8. The van der Waals surface area contributed by atoms with Crippen LogP contribution in [0.25, 0.3) is 116 Å². The summed E-state index contributed by atoms with van der Waals surface area (Å²) >= 11 is 0. The van der Waals surface area contributed by atoms with E-state index in [1.165, 1.54) is 27.5 Å². The lowest BCUT2D eigenvalue weighted by Crippen LogP contribution is -2.61. The van der Waals surface area contributed by atoms with Crippen molar-refractivity contribution < 1.29 is 11.0 Å². The predicted octanol–water partition coefficient (Wildman–Crippen LogP) is 25.3. The number of nitrogens with zero attached hydrogens (tertiary/aromatic N) is 5. The molecule has 0 amide bonds. The van der Waals surface area contributed by atoms with Crippen LogP contribution in [0.15, 0.2) is 303 Å². The first kappa shape index (κ1) is 56.6. The van der Waals surface area contributed by atoms with E-state index < -0.39 is 48.4 Å². The smallest absolute Gasteiger partial charge is 0.252 e. The fourth-order valence-corrected chi connectivity index (χ4v) is 17.1. The van der Waals surface area contributed by atoms with Crippen LogP contribution in [-0.2, 0) is 21.7 Å². The van der Waals surface area contributed by atoms with Crippen LogP contribution in [0.1, 0.15) is 116 Å². The predicted molar refractivity (Wildman–Crippen MR) is 455 cm³/mol. The van der Waals surface area contributed by atoms with Crippen molar-refractivity contribution >= 4 is 123 Å². The molecule has 19 rings (SSSR count). The minimum atomic E-state index is -0.511. The molecule has 3 aromatic heterocycles. The Hall–Kier alpha value is -11.9. The number of benzene rings is 14. The molecule has 0 spiro atoms. The summed E-state index contributed by atoms with van der Waals surface area (Å²) < 4.78 is 82.3. The second-order valence-corrected chi connectivity index (χ2v) is 33.2. The first-order valence-electron chi connectivity index (χ1n) is 41.1. The normalized spacial score (nSPS) is 14.3. The van der Waals surface area contributed by atoms with Crippen LogP contribution in [0.5, 0.6) is 0 Å². The molecule has 0 saturated heterocycles. The minimum absolute atomic E-state index is 0.0132. The molecule has 0 unspecified atom stereocenters. The Balaban J connectivity index is 1.02. The van der Waals surface area contributed by atoms with Gasteiger partial charge in [0.2, 0.25) is 0 Å². The zero-order valence-electron chi connectivity index (χ0n) is 70.1. The maximum absolute atomic E-state index is 9.87. The second kappa shape index (κ2) is 23.8. The highest BCUT2D eigenvalue weighted by Gasteiger charge is 2.46. The Morgan fingerprint density at radius 3 is 1.21 bits per heavy atom. The zero-order chi connectivity index (χ0) is 79.4. The Morgan fingerprint density at radius 2 is 0.689 bits per heavy atom. The van der Waals surface area contributed by atoms with Gasteiger partial charge in [-0.1, -0.05) is 289 Å². The highest BCUT2D eigenvalue weighted by molar-refractivity contribution is 7.00. The van der Waals surface area contributed by atoms with E-state index in [1.807, 2.05) is 18.2 Å². The molecule has 5 nitrogen and oxygen atoms in total. The van der Waals surface area contributed by atoms with Gasteiger partial charge in [-0.25, -0.2) is 0 Å². The van der Waals surface area contributed by atoms with Crippen LogP contribution < -0.4 is 26.2 Å². The lowest BCUT2D eigenvalue weighted by molar-refractivity contribution is 0.590. The fourth-order valence-electron chi connectivity index (χ4n) is 17.1. The molecule has 106 heavy (non-hydrogen) atoms. The van der Waals surface area contributed by atoms with Gasteiger partial charge in [-0.2, -0.15) is 0 Å². The van der Waals surface area contributed by atoms with E-state index in [0.717, 1.165) is 134 Å². The van der Waals surface area contributed by atoms with Crippen molar-refractivity contribution in [1.29, 1.82) is 0 Å². The molecular formula is C100H86BN5. The highest BCUT2D eigenvalue weighted by atomic mass is 15.2. The number of hydrogen-bond donors (Lipinski definition) is 0. The Kier molecular flexibility index (Phi) is 12.7. The van der Waals surface area contributed by atoms with Gasteiger partial charge in [-0.3, -0.25) is 0 Å². The summed E-state index contributed by atoms with van der Waals surface area (Å²) in [5.41, 5.74) is 25.3. The average Bonchev–Trinajstić information content (AvgIpc) is 0.980. The molecule has 6 heteroatoms. The number of fused-ring (bicyclic) bond motifs is 13. The molecule has 17 aromatic rings. The minimum Gasteiger partial charge on any atom is -0.310 e. The van der Waals surface area contributed by atoms with E-state index in [4.69, 9.17) is 2.74 Å². The summed E-state index contributed by atoms with van der Waals surface area (Å²) in [6, 6.07) is 90.1. The average molecular weight is 1380 g/mol. The van der Waals surface area contributed by atoms with Gasteiger partial charge in [0.05, 0.1) is 55.4 Å². The van der Waals surface area contributed by atoms with Crippen LogP contribution in [0.2, 0.25) is 0 Å². The summed E-state index contributed by atoms with van der Waals surface area (Å²) in [7, 11) is 0. The van der Waals surface area contributed by atoms with Crippen molar-refractivity contribution in [3.63, 3.8) is 0 Å². The molecule has 0 saturated carbocycles. The summed E-state index contributed by atoms with van der Waals surface area (Å²) in [4.78, 5) is 5.09. The molecule has 0 N–H and O–H groups in total. The molecular weight excluding hydrogens is 1280 g/mol. The van der Waals surface area contributed by atoms with E-state index in [2.05, 4.69) is 339 Å². The van der Waals surface area contributed by atoms with Crippen LogP contribution in [0.4, 0.5) is 34.1 Å². The lowest BCUT2D eigenvalue weighted by atomic mass is 9.33. The summed E-state index contributed by atoms with van der Waals surface area (Å²) in [6.07, 6.45) is 0. The summed E-state index contributed by atoms with van der Waals surface area (Å²) in [5, 5.41) is 4.56. The van der Waals surface area contributed by atoms with Gasteiger partial charge < -0.3 is 23.5 Å². The Bertz CT molecular complexity index is 6730. The summed E-state index contributed by atoms with van der Waals surface area (Å²) in [5.74, 6) is 0. The van der Waals surface area contributed by atoms with Crippen LogP contribution >= 0.6 is 0 Å². The molecule has 0 atom stereocenters. The van der Waals surface area contributed by atoms with Gasteiger partial charge in [-0.15, -0.1) is 0 Å². The van der Waals surface area contributed by atoms with Crippen molar-refractivity contribution in [3.8, 4) is 50.4 Å². The first-order chi connectivity index (χ1) is 54.5. The standard InChI is InChI=1S/C100H86BN5/c1-97(2,3)66-45-43-65(44-46-66)75-51-56-88-93(78-37-24-27-42-85(78)102(88)70-33-20-15-21-34-70)96(75)106-90-62-72(104-86-54-47-67(98(4,5)6)57-79(86)80-58-68(99(7,8)9)48-55-87(80)104)50-53-82(90)101-81-52-49-71(103-83-40-25-22-35-76(83)77-36-23-26-41-84(77)103)61-89(81)105(91-59-69(100(10,11)12)60-92(106)94(91)101)95-73(63-29-16-13-17-30-63)38-28-39-74(95)64-31-18-14-19-32-64/h13-62H,1-12H3/i22D,23D,25D,26D,35D,36D,40D,41D. The van der Waals surface area contributed by atoms with Gasteiger partial charge in [-0.05, 0) is 174 Å². The van der Waals surface area contributed by atoms with Gasteiger partial charge in [0.15, 0.2) is 0 Å². The molecule has 0 bridgehead atoms. The SMILES string of the molecule is [2H]c1c([2H])c([2H])c2c(c1[2H])c1c([2H])c([2H])c([2H])c([2H])c1n2-c1ccc2c(c1)N(c1c(-c3ccccc3)cccc1-c1ccccc1)c1cc(C(C)(C)C)cc3c1B2c1ccc(-n2c4ccc(C(C)(C)C)cc4c4cc(C(C)(C)C)ccc42)cc1N3c1c(-c2ccc(C(C)(C)C)cc2)ccc2c1c1ccccc1n2-c1ccccc1. The van der Waals surface area contributed by atoms with Crippen LogP contribution in [0, 0.1) is 0 Å². The van der Waals surface area contributed by atoms with Crippen molar-refractivity contribution in [2.24, 2.45) is 0 Å². The largest absolute Gasteiger partial charge is 0.310 e. The zero-order valence-corrected chi connectivity index (χ0v) is 62.1. The number of para-hydroxylation sites is 5. The molecule has 2 aliphatic rings. The van der Waals surface area contributed by atoms with E-state index in [-0.39, 0.29) is 50.1 Å². The molecule has 0 aliphatic carbocycles. The van der Waals surface area contributed by atoms with Crippen molar-refractivity contribution in [1.82, 2.24) is 13.7 Å². The quantitative estimate of drug-likeness (QED) is 0.141. The number of hydrogen-bond acceptors (Lipinski definition) is 2. The third kappa shape index (κ3) is 10.2. The molecule has 2 aliphatic heterocycles. The first-order valence-corrected chi connectivity index (χ1v) is 37.1. The third-order valence-electron chi connectivity index (χ3n) is 22.5. The van der Waals surface area contributed by atoms with Gasteiger partial charge in [0, 0.05) is 88.8 Å². The van der Waals surface area contributed by atoms with E-state index >= 15 is 0 Å². The van der Waals surface area contributed by atoms with Crippen LogP contribution in [-0.4, -0.2) is 20.4 Å². The van der Waals surface area contributed by atoms with Gasteiger partial charge in [0.25, 0.3) is 6.71 Å². The van der Waals surface area contributed by atoms with Crippen molar-refractivity contribution in [2.75, 3.05) is 9.80 Å². The van der Waals surface area contributed by atoms with Crippen molar-refractivity contribution in [2.45, 2.75) is 105 Å². The fraction of sp³-hybridized carbons (Fsp3) is 0.160. The molecule has 0 fully saturated rings. The van der Waals surface area contributed by atoms with Crippen LogP contribution in [0.3, 0.4) is 0 Å². The summed E-state index contributed by atoms with van der Waals surface area (Å²) in [6.45, 7) is 26.9. The Labute approximate surface area is 634 Å². The molecule has 14 aromatic carbocycles. The second-order valence-electron chi connectivity index (χ2n) is 33.2. The lowest BCUT2D eigenvalue weighted by Gasteiger charge is -2.46. The van der Waals surface area contributed by atoms with Crippen molar-refractivity contribution in [3.05, 3.63) is 325 Å². The number of aromatic nitrogens is 3. The maximum Gasteiger partial charge on any atom is 0.252 e. The Morgan fingerprint density at radius 1 is 0.274 bits per heavy atom. The van der Waals surface area contributed by atoms with E-state index in [0.29, 0.717) is 5.69 Å². The van der Waals surface area contributed by atoms with E-state index in [1.54, 1.807) is 4.57 Å².